The Labute approximate surface area is 245 Å². The van der Waals surface area contributed by atoms with Gasteiger partial charge in [-0.15, -0.1) is 0 Å². The van der Waals surface area contributed by atoms with Crippen LogP contribution in [0.1, 0.15) is 46.7 Å². The number of phenols is 7. The van der Waals surface area contributed by atoms with Gasteiger partial charge >= 0.3 is 0 Å². The highest BCUT2D eigenvalue weighted by atomic mass is 16.3. The summed E-state index contributed by atoms with van der Waals surface area (Å²) in [6.07, 6.45) is 2.26. The number of carbonyl (C=O) groups excluding carboxylic acids is 1. The lowest BCUT2D eigenvalue weighted by Crippen LogP contribution is -2.31. The number of allylic oxidation sites excluding steroid dienone is 2. The molecule has 0 bridgehead atoms. The summed E-state index contributed by atoms with van der Waals surface area (Å²) >= 11 is 0. The Hall–Kier alpha value is -5.57. The van der Waals surface area contributed by atoms with E-state index >= 15 is 0 Å². The molecule has 1 aromatic heterocycles. The Bertz CT molecular complexity index is 1910. The van der Waals surface area contributed by atoms with Crippen molar-refractivity contribution in [3.63, 3.8) is 0 Å². The fourth-order valence-corrected chi connectivity index (χ4v) is 6.13. The van der Waals surface area contributed by atoms with E-state index in [-0.39, 0.29) is 40.1 Å². The fourth-order valence-electron chi connectivity index (χ4n) is 6.13. The number of ketones is 1. The van der Waals surface area contributed by atoms with E-state index in [0.717, 1.165) is 11.6 Å². The van der Waals surface area contributed by atoms with Crippen molar-refractivity contribution < 1.29 is 45.0 Å². The molecule has 9 heteroatoms. The summed E-state index contributed by atoms with van der Waals surface area (Å²) in [4.78, 5) is 14.3. The molecule has 0 amide bonds. The Morgan fingerprint density at radius 3 is 2.02 bits per heavy atom. The first-order chi connectivity index (χ1) is 20.5. The smallest absolute Gasteiger partial charge is 0.171 e. The van der Waals surface area contributed by atoms with E-state index in [4.69, 9.17) is 4.42 Å². The van der Waals surface area contributed by atoms with Crippen LogP contribution in [0.3, 0.4) is 0 Å². The maximum atomic E-state index is 14.3. The van der Waals surface area contributed by atoms with Gasteiger partial charge in [-0.2, -0.15) is 0 Å². The fraction of sp³-hybridized carbons (Fsp3) is 0.147. The summed E-state index contributed by atoms with van der Waals surface area (Å²) in [5, 5.41) is 72.9. The first-order valence-corrected chi connectivity index (χ1v) is 13.5. The molecule has 7 N–H and O–H groups in total. The van der Waals surface area contributed by atoms with Crippen molar-refractivity contribution in [1.29, 1.82) is 0 Å². The van der Waals surface area contributed by atoms with Crippen molar-refractivity contribution in [2.24, 2.45) is 5.92 Å². The van der Waals surface area contributed by atoms with E-state index in [0.29, 0.717) is 39.8 Å². The third-order valence-corrected chi connectivity index (χ3v) is 8.00. The van der Waals surface area contributed by atoms with E-state index in [9.17, 15) is 40.5 Å². The standard InChI is InChI=1S/C34H28O9/c1-16-6-26(23-4-2-19(35)13-28(23)39)33(34(42)24-5-3-20(36)14-29(24)40)27(7-16)25-10-18-11-31(43-32(18)15-30(25)41)17-8-21(37)12-22(38)9-17/h2-5,7-15,26-27,33,35-41H,6H2,1H3/t26-,27+,33-/m1/s1. The van der Waals surface area contributed by atoms with Crippen molar-refractivity contribution >= 4 is 16.8 Å². The van der Waals surface area contributed by atoms with Crippen LogP contribution in [0.2, 0.25) is 0 Å². The first-order valence-electron chi connectivity index (χ1n) is 13.5. The molecule has 0 aliphatic heterocycles. The topological polar surface area (TPSA) is 172 Å². The Morgan fingerprint density at radius 1 is 0.698 bits per heavy atom. The van der Waals surface area contributed by atoms with Crippen LogP contribution in [0.25, 0.3) is 22.3 Å². The highest BCUT2D eigenvalue weighted by Crippen LogP contribution is 2.51. The maximum absolute atomic E-state index is 14.3. The number of benzene rings is 4. The number of aromatic hydroxyl groups is 7. The van der Waals surface area contributed by atoms with E-state index in [1.54, 1.807) is 18.2 Å². The number of hydrogen-bond donors (Lipinski definition) is 7. The van der Waals surface area contributed by atoms with Crippen LogP contribution in [-0.2, 0) is 0 Å². The minimum atomic E-state index is -0.924. The van der Waals surface area contributed by atoms with Crippen molar-refractivity contribution in [3.8, 4) is 51.6 Å². The van der Waals surface area contributed by atoms with Crippen LogP contribution in [-0.4, -0.2) is 41.5 Å². The van der Waals surface area contributed by atoms with Gasteiger partial charge in [0.15, 0.2) is 5.78 Å². The van der Waals surface area contributed by atoms with Crippen LogP contribution in [0.4, 0.5) is 0 Å². The Morgan fingerprint density at radius 2 is 1.35 bits per heavy atom. The zero-order valence-electron chi connectivity index (χ0n) is 22.9. The van der Waals surface area contributed by atoms with Gasteiger partial charge in [-0.25, -0.2) is 0 Å². The predicted molar refractivity (Wildman–Crippen MR) is 158 cm³/mol. The molecule has 43 heavy (non-hydrogen) atoms. The van der Waals surface area contributed by atoms with Gasteiger partial charge in [-0.1, -0.05) is 17.7 Å². The minimum Gasteiger partial charge on any atom is -0.508 e. The molecule has 0 fully saturated rings. The van der Waals surface area contributed by atoms with Crippen molar-refractivity contribution in [1.82, 2.24) is 0 Å². The van der Waals surface area contributed by atoms with Gasteiger partial charge < -0.3 is 40.2 Å². The number of fused-ring (bicyclic) bond motifs is 1. The lowest BCUT2D eigenvalue weighted by molar-refractivity contribution is 0.0877. The van der Waals surface area contributed by atoms with Gasteiger partial charge in [0.1, 0.15) is 51.6 Å². The second-order valence-electron chi connectivity index (χ2n) is 11.0. The number of hydrogen-bond acceptors (Lipinski definition) is 9. The van der Waals surface area contributed by atoms with Gasteiger partial charge in [0.2, 0.25) is 0 Å². The average Bonchev–Trinajstić information content (AvgIpc) is 3.34. The van der Waals surface area contributed by atoms with Crippen molar-refractivity contribution in [3.05, 3.63) is 101 Å². The molecule has 1 aliphatic rings. The normalized spacial score (nSPS) is 18.4. The lowest BCUT2D eigenvalue weighted by atomic mass is 9.65. The van der Waals surface area contributed by atoms with E-state index in [1.165, 1.54) is 48.5 Å². The van der Waals surface area contributed by atoms with Crippen LogP contribution in [0.5, 0.6) is 40.2 Å². The largest absolute Gasteiger partial charge is 0.508 e. The number of Topliss-reactive ketones (excluding diaryl/α,β-unsaturated/α-hetero) is 1. The summed E-state index contributed by atoms with van der Waals surface area (Å²) < 4.78 is 5.92. The van der Waals surface area contributed by atoms with Crippen LogP contribution < -0.4 is 0 Å². The molecule has 0 saturated carbocycles. The molecule has 1 heterocycles. The number of furan rings is 1. The van der Waals surface area contributed by atoms with E-state index in [2.05, 4.69) is 0 Å². The second kappa shape index (κ2) is 10.4. The van der Waals surface area contributed by atoms with E-state index < -0.39 is 29.3 Å². The SMILES string of the molecule is CC1=C[C@@H](c2cc3cc(-c4cc(O)cc(O)c4)oc3cc2O)[C@H](C(=O)c2ccc(O)cc2O)[C@@H](c2ccc(O)cc2O)C1. The van der Waals surface area contributed by atoms with Gasteiger partial charge in [0.05, 0.1) is 5.56 Å². The highest BCUT2D eigenvalue weighted by molar-refractivity contribution is 6.02. The summed E-state index contributed by atoms with van der Waals surface area (Å²) in [6, 6.07) is 16.8. The molecule has 9 nitrogen and oxygen atoms in total. The molecule has 0 unspecified atom stereocenters. The van der Waals surface area contributed by atoms with Crippen LogP contribution >= 0.6 is 0 Å². The molecular weight excluding hydrogens is 552 g/mol. The Balaban J connectivity index is 1.52. The molecule has 0 spiro atoms. The van der Waals surface area contributed by atoms with Gasteiger partial charge in [0, 0.05) is 58.5 Å². The van der Waals surface area contributed by atoms with Crippen LogP contribution in [0, 0.1) is 5.92 Å². The summed E-state index contributed by atoms with van der Waals surface area (Å²) in [5.74, 6) is -3.78. The van der Waals surface area contributed by atoms with Crippen LogP contribution in [0.15, 0.2) is 88.9 Å². The molecule has 4 aromatic carbocycles. The van der Waals surface area contributed by atoms with Crippen molar-refractivity contribution in [2.75, 3.05) is 0 Å². The molecule has 0 saturated heterocycles. The summed E-state index contributed by atoms with van der Waals surface area (Å²) in [7, 11) is 0. The zero-order chi connectivity index (χ0) is 30.6. The Kier molecular flexibility index (Phi) is 6.65. The monoisotopic (exact) mass is 580 g/mol. The average molecular weight is 581 g/mol. The quantitative estimate of drug-likeness (QED) is 0.0876. The molecule has 3 atom stereocenters. The van der Waals surface area contributed by atoms with E-state index in [1.807, 2.05) is 13.0 Å². The second-order valence-corrected chi connectivity index (χ2v) is 11.0. The molecule has 0 radical (unpaired) electrons. The molecule has 6 rings (SSSR count). The lowest BCUT2D eigenvalue weighted by Gasteiger charge is -2.37. The number of phenolic OH excluding ortho intramolecular Hbond substituents is 7. The van der Waals surface area contributed by atoms with Gasteiger partial charge in [-0.3, -0.25) is 4.79 Å². The minimum absolute atomic E-state index is 0.0288. The third kappa shape index (κ3) is 5.05. The molecule has 1 aliphatic carbocycles. The number of rotatable bonds is 5. The molecular formula is C34H28O9. The summed E-state index contributed by atoms with van der Waals surface area (Å²) in [6.45, 7) is 1.88. The molecule has 218 valence electrons. The summed E-state index contributed by atoms with van der Waals surface area (Å²) in [5.41, 5.74) is 2.44. The third-order valence-electron chi connectivity index (χ3n) is 8.00. The van der Waals surface area contributed by atoms with Crippen molar-refractivity contribution in [2.45, 2.75) is 25.2 Å². The first kappa shape index (κ1) is 27.6. The predicted octanol–water partition coefficient (Wildman–Crippen LogP) is 6.76. The maximum Gasteiger partial charge on any atom is 0.171 e. The molecule has 5 aromatic rings. The van der Waals surface area contributed by atoms with Gasteiger partial charge in [0.25, 0.3) is 0 Å². The zero-order valence-corrected chi connectivity index (χ0v) is 22.9. The van der Waals surface area contributed by atoms with Gasteiger partial charge in [-0.05, 0) is 61.4 Å². The highest BCUT2D eigenvalue weighted by Gasteiger charge is 2.42. The number of carbonyl (C=O) groups is 1.